The molecule has 0 atom stereocenters. The maximum absolute atomic E-state index is 11.8. The Bertz CT molecular complexity index is 610. The summed E-state index contributed by atoms with van der Waals surface area (Å²) in [7, 11) is 0. The van der Waals surface area contributed by atoms with E-state index in [9.17, 15) is 4.79 Å². The number of aryl methyl sites for hydroxylation is 2. The zero-order chi connectivity index (χ0) is 14.5. The highest BCUT2D eigenvalue weighted by atomic mass is 79.9. The Hall–Kier alpha value is -1.82. The molecule has 5 nitrogen and oxygen atoms in total. The fourth-order valence-corrected chi connectivity index (χ4v) is 2.28. The summed E-state index contributed by atoms with van der Waals surface area (Å²) in [6, 6.07) is 7.59. The lowest BCUT2D eigenvalue weighted by Crippen LogP contribution is -2.16. The van der Waals surface area contributed by atoms with E-state index in [0.29, 0.717) is 18.8 Å². The van der Waals surface area contributed by atoms with Crippen molar-refractivity contribution in [3.8, 4) is 0 Å². The molecule has 0 aliphatic rings. The van der Waals surface area contributed by atoms with Crippen molar-refractivity contribution in [2.45, 2.75) is 20.3 Å². The first-order valence-electron chi connectivity index (χ1n) is 6.28. The Morgan fingerprint density at radius 2 is 2.15 bits per heavy atom. The number of carbonyl (C=O) groups excluding carboxylic acids is 1. The zero-order valence-corrected chi connectivity index (χ0v) is 13.0. The zero-order valence-electron chi connectivity index (χ0n) is 11.4. The van der Waals surface area contributed by atoms with Gasteiger partial charge in [0.2, 0.25) is 5.91 Å². The minimum absolute atomic E-state index is 0.0535. The van der Waals surface area contributed by atoms with E-state index < -0.39 is 0 Å². The maximum Gasteiger partial charge on any atom is 0.226 e. The van der Waals surface area contributed by atoms with Crippen molar-refractivity contribution in [3.63, 3.8) is 0 Å². The first-order chi connectivity index (χ1) is 9.54. The largest absolute Gasteiger partial charge is 0.367 e. The van der Waals surface area contributed by atoms with Crippen LogP contribution in [0.25, 0.3) is 0 Å². The van der Waals surface area contributed by atoms with E-state index >= 15 is 0 Å². The highest BCUT2D eigenvalue weighted by Gasteiger charge is 2.06. The van der Waals surface area contributed by atoms with Crippen LogP contribution in [0.4, 0.5) is 11.5 Å². The van der Waals surface area contributed by atoms with Gasteiger partial charge in [-0.1, -0.05) is 11.2 Å². The third-order valence-corrected chi connectivity index (χ3v) is 3.34. The molecule has 106 valence electrons. The summed E-state index contributed by atoms with van der Waals surface area (Å²) in [5, 5.41) is 9.68. The fourth-order valence-electron chi connectivity index (χ4n) is 1.69. The van der Waals surface area contributed by atoms with E-state index in [4.69, 9.17) is 4.52 Å². The summed E-state index contributed by atoms with van der Waals surface area (Å²) in [5.41, 5.74) is 1.91. The van der Waals surface area contributed by atoms with Gasteiger partial charge >= 0.3 is 0 Å². The van der Waals surface area contributed by atoms with Gasteiger partial charge in [0, 0.05) is 23.5 Å². The van der Waals surface area contributed by atoms with Crippen LogP contribution in [-0.4, -0.2) is 17.6 Å². The van der Waals surface area contributed by atoms with E-state index in [2.05, 4.69) is 31.7 Å². The van der Waals surface area contributed by atoms with Crippen molar-refractivity contribution in [2.24, 2.45) is 0 Å². The summed E-state index contributed by atoms with van der Waals surface area (Å²) in [6.45, 7) is 4.32. The molecule has 0 fully saturated rings. The van der Waals surface area contributed by atoms with Gasteiger partial charge in [-0.3, -0.25) is 4.79 Å². The van der Waals surface area contributed by atoms with Crippen molar-refractivity contribution in [3.05, 3.63) is 40.1 Å². The van der Waals surface area contributed by atoms with Crippen LogP contribution < -0.4 is 10.6 Å². The molecule has 0 bridgehead atoms. The van der Waals surface area contributed by atoms with Crippen molar-refractivity contribution < 1.29 is 9.32 Å². The van der Waals surface area contributed by atoms with Crippen molar-refractivity contribution >= 4 is 33.3 Å². The molecular weight excluding hydrogens is 322 g/mol. The molecule has 2 aromatic rings. The number of benzene rings is 1. The van der Waals surface area contributed by atoms with Gasteiger partial charge in [-0.05, 0) is 47.5 Å². The molecule has 0 aliphatic carbocycles. The number of amides is 1. The van der Waals surface area contributed by atoms with Crippen molar-refractivity contribution in [1.82, 2.24) is 5.16 Å². The van der Waals surface area contributed by atoms with E-state index in [1.165, 1.54) is 0 Å². The Balaban J connectivity index is 1.80. The predicted octanol–water partition coefficient (Wildman–Crippen LogP) is 3.49. The lowest BCUT2D eigenvalue weighted by Gasteiger charge is -2.08. The van der Waals surface area contributed by atoms with Crippen LogP contribution in [0.15, 0.2) is 33.3 Å². The number of rotatable bonds is 5. The van der Waals surface area contributed by atoms with Crippen LogP contribution in [0.5, 0.6) is 0 Å². The normalized spacial score (nSPS) is 10.3. The van der Waals surface area contributed by atoms with Crippen LogP contribution in [0.3, 0.4) is 0 Å². The molecule has 1 aromatic carbocycles. The highest BCUT2D eigenvalue weighted by molar-refractivity contribution is 9.10. The molecule has 0 saturated carbocycles. The average molecular weight is 338 g/mol. The van der Waals surface area contributed by atoms with Gasteiger partial charge in [0.15, 0.2) is 5.82 Å². The fraction of sp³-hybridized carbons (Fsp3) is 0.286. The molecule has 0 spiro atoms. The molecule has 0 saturated heterocycles. The van der Waals surface area contributed by atoms with Crippen LogP contribution in [0.1, 0.15) is 17.7 Å². The van der Waals surface area contributed by atoms with E-state index in [0.717, 1.165) is 21.5 Å². The van der Waals surface area contributed by atoms with Gasteiger partial charge in [-0.2, -0.15) is 0 Å². The van der Waals surface area contributed by atoms with Crippen molar-refractivity contribution in [1.29, 1.82) is 0 Å². The van der Waals surface area contributed by atoms with Gasteiger partial charge in [0.05, 0.1) is 5.69 Å². The summed E-state index contributed by atoms with van der Waals surface area (Å²) < 4.78 is 5.81. The third-order valence-electron chi connectivity index (χ3n) is 2.68. The number of hydrogen-bond acceptors (Lipinski definition) is 4. The minimum atomic E-state index is -0.0535. The molecule has 20 heavy (non-hydrogen) atoms. The molecule has 2 N–H and O–H groups in total. The van der Waals surface area contributed by atoms with Crippen LogP contribution >= 0.6 is 15.9 Å². The average Bonchev–Trinajstić information content (AvgIpc) is 2.79. The SMILES string of the molecule is Cc1ccc(NC(=O)CCNc2cc(C)on2)c(Br)c1. The Morgan fingerprint density at radius 1 is 1.35 bits per heavy atom. The molecule has 0 radical (unpaired) electrons. The molecule has 2 rings (SSSR count). The number of aromatic nitrogens is 1. The molecule has 1 aromatic heterocycles. The Kier molecular flexibility index (Phi) is 4.79. The molecule has 6 heteroatoms. The number of carbonyl (C=O) groups is 1. The second kappa shape index (κ2) is 6.56. The monoisotopic (exact) mass is 337 g/mol. The smallest absolute Gasteiger partial charge is 0.226 e. The van der Waals surface area contributed by atoms with E-state index in [1.807, 2.05) is 32.0 Å². The van der Waals surface area contributed by atoms with E-state index in [1.54, 1.807) is 6.07 Å². The lowest BCUT2D eigenvalue weighted by atomic mass is 10.2. The van der Waals surface area contributed by atoms with Crippen LogP contribution in [0.2, 0.25) is 0 Å². The van der Waals surface area contributed by atoms with E-state index in [-0.39, 0.29) is 5.91 Å². The number of halogens is 1. The standard InChI is InChI=1S/C14H16BrN3O2/c1-9-3-4-12(11(15)7-9)17-14(19)5-6-16-13-8-10(2)20-18-13/h3-4,7-8H,5-6H2,1-2H3,(H,16,18)(H,17,19). The lowest BCUT2D eigenvalue weighted by molar-refractivity contribution is -0.115. The molecule has 0 unspecified atom stereocenters. The molecule has 1 amide bonds. The van der Waals surface area contributed by atoms with Gasteiger partial charge in [0.25, 0.3) is 0 Å². The van der Waals surface area contributed by atoms with Crippen LogP contribution in [-0.2, 0) is 4.79 Å². The second-order valence-electron chi connectivity index (χ2n) is 4.53. The summed E-state index contributed by atoms with van der Waals surface area (Å²) in [4.78, 5) is 11.8. The van der Waals surface area contributed by atoms with Gasteiger partial charge in [-0.25, -0.2) is 0 Å². The van der Waals surface area contributed by atoms with Crippen LogP contribution in [0, 0.1) is 13.8 Å². The van der Waals surface area contributed by atoms with Gasteiger partial charge in [-0.15, -0.1) is 0 Å². The second-order valence-corrected chi connectivity index (χ2v) is 5.39. The topological polar surface area (TPSA) is 67.2 Å². The minimum Gasteiger partial charge on any atom is -0.367 e. The summed E-state index contributed by atoms with van der Waals surface area (Å²) in [6.07, 6.45) is 0.353. The Labute approximate surface area is 125 Å². The van der Waals surface area contributed by atoms with Gasteiger partial charge in [0.1, 0.15) is 5.76 Å². The molecule has 0 aliphatic heterocycles. The number of nitrogens with zero attached hydrogens (tertiary/aromatic N) is 1. The summed E-state index contributed by atoms with van der Waals surface area (Å²) in [5.74, 6) is 1.33. The summed E-state index contributed by atoms with van der Waals surface area (Å²) >= 11 is 3.43. The number of nitrogens with one attached hydrogen (secondary N) is 2. The number of anilines is 2. The van der Waals surface area contributed by atoms with Crippen molar-refractivity contribution in [2.75, 3.05) is 17.2 Å². The Morgan fingerprint density at radius 3 is 2.80 bits per heavy atom. The first kappa shape index (κ1) is 14.6. The highest BCUT2D eigenvalue weighted by Crippen LogP contribution is 2.23. The molecule has 1 heterocycles. The first-order valence-corrected chi connectivity index (χ1v) is 7.07. The molecular formula is C14H16BrN3O2. The number of hydrogen-bond donors (Lipinski definition) is 2. The van der Waals surface area contributed by atoms with Gasteiger partial charge < -0.3 is 15.2 Å². The quantitative estimate of drug-likeness (QED) is 0.876. The maximum atomic E-state index is 11.8. The third kappa shape index (κ3) is 4.09. The predicted molar refractivity (Wildman–Crippen MR) is 81.9 cm³/mol.